The normalized spacial score (nSPS) is 23.3. The molecule has 1 aromatic rings. The molecule has 0 bridgehead atoms. The zero-order valence-corrected chi connectivity index (χ0v) is 12.0. The zero-order chi connectivity index (χ0) is 14.0. The molecule has 3 N–H and O–H groups in total. The average Bonchev–Trinajstić information content (AvgIpc) is 2.88. The van der Waals surface area contributed by atoms with Gasteiger partial charge in [-0.15, -0.1) is 0 Å². The number of hydrogen-bond donors (Lipinski definition) is 2. The van der Waals surface area contributed by atoms with Crippen LogP contribution in [0, 0.1) is 5.92 Å². The molecule has 0 amide bonds. The summed E-state index contributed by atoms with van der Waals surface area (Å²) in [6, 6.07) is 5.80. The van der Waals surface area contributed by atoms with Gasteiger partial charge in [-0.25, -0.2) is 0 Å². The summed E-state index contributed by atoms with van der Waals surface area (Å²) in [6.07, 6.45) is 1.13. The lowest BCUT2D eigenvalue weighted by Gasteiger charge is -2.26. The van der Waals surface area contributed by atoms with E-state index in [1.165, 1.54) is 0 Å². The van der Waals surface area contributed by atoms with E-state index in [4.69, 9.17) is 10.5 Å². The number of phenols is 1. The molecule has 1 heterocycles. The maximum absolute atomic E-state index is 10.0. The number of likely N-dealkylation sites (tertiary alicyclic amines) is 1. The SMILES string of the molecule is COc1ccc(O)c(C(C)N2CCC(C(C)N)C2)c1. The Labute approximate surface area is 115 Å². The predicted molar refractivity (Wildman–Crippen MR) is 76.4 cm³/mol. The molecule has 1 fully saturated rings. The third-order valence-electron chi connectivity index (χ3n) is 4.23. The molecule has 0 aromatic heterocycles. The van der Waals surface area contributed by atoms with Crippen molar-refractivity contribution in [3.05, 3.63) is 23.8 Å². The van der Waals surface area contributed by atoms with E-state index in [0.29, 0.717) is 11.7 Å². The predicted octanol–water partition coefficient (Wildman–Crippen LogP) is 2.13. The van der Waals surface area contributed by atoms with Crippen LogP contribution >= 0.6 is 0 Å². The van der Waals surface area contributed by atoms with Gasteiger partial charge >= 0.3 is 0 Å². The molecule has 19 heavy (non-hydrogen) atoms. The van der Waals surface area contributed by atoms with Gasteiger partial charge in [-0.05, 0) is 50.9 Å². The van der Waals surface area contributed by atoms with E-state index in [0.717, 1.165) is 30.8 Å². The van der Waals surface area contributed by atoms with Crippen LogP contribution < -0.4 is 10.5 Å². The molecule has 0 radical (unpaired) electrons. The van der Waals surface area contributed by atoms with Crippen molar-refractivity contribution >= 4 is 0 Å². The smallest absolute Gasteiger partial charge is 0.120 e. The molecule has 0 spiro atoms. The van der Waals surface area contributed by atoms with E-state index >= 15 is 0 Å². The van der Waals surface area contributed by atoms with E-state index in [-0.39, 0.29) is 12.1 Å². The highest BCUT2D eigenvalue weighted by Crippen LogP contribution is 2.34. The van der Waals surface area contributed by atoms with Crippen molar-refractivity contribution in [1.29, 1.82) is 0 Å². The molecular weight excluding hydrogens is 240 g/mol. The van der Waals surface area contributed by atoms with Gasteiger partial charge in [0.25, 0.3) is 0 Å². The molecule has 0 saturated carbocycles. The molecule has 3 atom stereocenters. The number of nitrogens with two attached hydrogens (primary N) is 1. The van der Waals surface area contributed by atoms with Crippen molar-refractivity contribution in [2.75, 3.05) is 20.2 Å². The van der Waals surface area contributed by atoms with Crippen LogP contribution in [-0.4, -0.2) is 36.2 Å². The summed E-state index contributed by atoms with van der Waals surface area (Å²) in [7, 11) is 1.64. The van der Waals surface area contributed by atoms with Crippen LogP contribution in [0.25, 0.3) is 0 Å². The third-order valence-corrected chi connectivity index (χ3v) is 4.23. The Bertz CT molecular complexity index is 434. The largest absolute Gasteiger partial charge is 0.508 e. The molecule has 1 aromatic carbocycles. The summed E-state index contributed by atoms with van der Waals surface area (Å²) in [4.78, 5) is 2.38. The molecular formula is C15H24N2O2. The minimum atomic E-state index is 0.179. The zero-order valence-electron chi connectivity index (χ0n) is 12.0. The lowest BCUT2D eigenvalue weighted by Crippen LogP contribution is -2.31. The number of ether oxygens (including phenoxy) is 1. The minimum Gasteiger partial charge on any atom is -0.508 e. The Morgan fingerprint density at radius 1 is 1.42 bits per heavy atom. The first-order valence-electron chi connectivity index (χ1n) is 6.89. The summed E-state index contributed by atoms with van der Waals surface area (Å²) in [6.45, 7) is 6.22. The van der Waals surface area contributed by atoms with Gasteiger partial charge in [-0.1, -0.05) is 0 Å². The second-order valence-electron chi connectivity index (χ2n) is 5.50. The molecule has 3 unspecified atom stereocenters. The van der Waals surface area contributed by atoms with Crippen molar-refractivity contribution in [3.63, 3.8) is 0 Å². The Balaban J connectivity index is 2.14. The molecule has 2 rings (SSSR count). The second-order valence-corrected chi connectivity index (χ2v) is 5.50. The van der Waals surface area contributed by atoms with Crippen molar-refractivity contribution in [2.24, 2.45) is 11.7 Å². The first-order chi connectivity index (χ1) is 9.02. The van der Waals surface area contributed by atoms with Crippen molar-refractivity contribution in [1.82, 2.24) is 4.90 Å². The van der Waals surface area contributed by atoms with Crippen LogP contribution in [0.4, 0.5) is 0 Å². The Hall–Kier alpha value is -1.26. The summed E-state index contributed by atoms with van der Waals surface area (Å²) in [5.74, 6) is 1.66. The molecule has 0 aliphatic carbocycles. The highest BCUT2D eigenvalue weighted by Gasteiger charge is 2.29. The summed E-state index contributed by atoms with van der Waals surface area (Å²) >= 11 is 0. The Morgan fingerprint density at radius 3 is 2.74 bits per heavy atom. The fourth-order valence-corrected chi connectivity index (χ4v) is 2.79. The van der Waals surface area contributed by atoms with Gasteiger partial charge in [0.05, 0.1) is 7.11 Å². The van der Waals surface area contributed by atoms with Crippen LogP contribution in [-0.2, 0) is 0 Å². The highest BCUT2D eigenvalue weighted by molar-refractivity contribution is 5.41. The molecule has 1 aliphatic heterocycles. The third kappa shape index (κ3) is 3.01. The first-order valence-corrected chi connectivity index (χ1v) is 6.89. The van der Waals surface area contributed by atoms with Gasteiger partial charge in [0.1, 0.15) is 11.5 Å². The van der Waals surface area contributed by atoms with Gasteiger partial charge in [0.2, 0.25) is 0 Å². The number of hydrogen-bond acceptors (Lipinski definition) is 4. The number of aromatic hydroxyl groups is 1. The van der Waals surface area contributed by atoms with Gasteiger partial charge in [-0.2, -0.15) is 0 Å². The van der Waals surface area contributed by atoms with Gasteiger partial charge < -0.3 is 15.6 Å². The molecule has 1 saturated heterocycles. The molecule has 4 nitrogen and oxygen atoms in total. The average molecular weight is 264 g/mol. The monoisotopic (exact) mass is 264 g/mol. The molecule has 4 heteroatoms. The van der Waals surface area contributed by atoms with E-state index in [1.54, 1.807) is 19.2 Å². The fraction of sp³-hybridized carbons (Fsp3) is 0.600. The van der Waals surface area contributed by atoms with E-state index < -0.39 is 0 Å². The Kier molecular flexibility index (Phi) is 4.32. The van der Waals surface area contributed by atoms with Crippen LogP contribution in [0.2, 0.25) is 0 Å². The molecule has 1 aliphatic rings. The van der Waals surface area contributed by atoms with Crippen LogP contribution in [0.15, 0.2) is 18.2 Å². The van der Waals surface area contributed by atoms with Crippen LogP contribution in [0.1, 0.15) is 31.9 Å². The summed E-state index contributed by atoms with van der Waals surface area (Å²) in [5, 5.41) is 10.0. The number of phenolic OH excluding ortho intramolecular Hbond substituents is 1. The standard InChI is InChI=1S/C15H24N2O2/c1-10(16)12-6-7-17(9-12)11(2)14-8-13(19-3)4-5-15(14)18/h4-5,8,10-12,18H,6-7,9,16H2,1-3H3. The van der Waals surface area contributed by atoms with Gasteiger partial charge in [0, 0.05) is 24.2 Å². The first kappa shape index (κ1) is 14.2. The lowest BCUT2D eigenvalue weighted by molar-refractivity contribution is 0.243. The number of nitrogens with zero attached hydrogens (tertiary/aromatic N) is 1. The topological polar surface area (TPSA) is 58.7 Å². The maximum atomic E-state index is 10.0. The maximum Gasteiger partial charge on any atom is 0.120 e. The van der Waals surface area contributed by atoms with E-state index in [2.05, 4.69) is 18.7 Å². The highest BCUT2D eigenvalue weighted by atomic mass is 16.5. The molecule has 106 valence electrons. The van der Waals surface area contributed by atoms with Crippen molar-refractivity contribution in [2.45, 2.75) is 32.4 Å². The number of benzene rings is 1. The summed E-state index contributed by atoms with van der Waals surface area (Å²) in [5.41, 5.74) is 6.90. The van der Waals surface area contributed by atoms with Crippen LogP contribution in [0.3, 0.4) is 0 Å². The van der Waals surface area contributed by atoms with E-state index in [9.17, 15) is 5.11 Å². The fourth-order valence-electron chi connectivity index (χ4n) is 2.79. The van der Waals surface area contributed by atoms with Gasteiger partial charge in [-0.3, -0.25) is 4.90 Å². The van der Waals surface area contributed by atoms with Gasteiger partial charge in [0.15, 0.2) is 0 Å². The number of methoxy groups -OCH3 is 1. The van der Waals surface area contributed by atoms with Crippen molar-refractivity contribution in [3.8, 4) is 11.5 Å². The van der Waals surface area contributed by atoms with Crippen LogP contribution in [0.5, 0.6) is 11.5 Å². The summed E-state index contributed by atoms with van der Waals surface area (Å²) < 4.78 is 5.23. The quantitative estimate of drug-likeness (QED) is 0.874. The minimum absolute atomic E-state index is 0.179. The number of rotatable bonds is 4. The van der Waals surface area contributed by atoms with Crippen molar-refractivity contribution < 1.29 is 9.84 Å². The second kappa shape index (κ2) is 5.80. The lowest BCUT2D eigenvalue weighted by atomic mass is 10.0. The Morgan fingerprint density at radius 2 is 2.16 bits per heavy atom. The van der Waals surface area contributed by atoms with E-state index in [1.807, 2.05) is 6.07 Å².